The Hall–Kier alpha value is -2.10. The first-order chi connectivity index (χ1) is 11.6. The molecule has 1 aromatic carbocycles. The molecule has 3 aliphatic rings. The van der Waals surface area contributed by atoms with Crippen molar-refractivity contribution in [2.24, 2.45) is 17.8 Å². The van der Waals surface area contributed by atoms with Gasteiger partial charge in [0.05, 0.1) is 11.8 Å². The maximum absolute atomic E-state index is 12.8. The van der Waals surface area contributed by atoms with Gasteiger partial charge in [0, 0.05) is 23.6 Å². The lowest BCUT2D eigenvalue weighted by Gasteiger charge is -2.43. The summed E-state index contributed by atoms with van der Waals surface area (Å²) >= 11 is 0. The van der Waals surface area contributed by atoms with Gasteiger partial charge in [-0.15, -0.1) is 0 Å². The number of imide groups is 1. The Morgan fingerprint density at radius 2 is 1.92 bits per heavy atom. The van der Waals surface area contributed by atoms with Crippen LogP contribution in [0.2, 0.25) is 0 Å². The number of likely N-dealkylation sites (N-methyl/N-ethyl adjacent to an activating group) is 1. The molecule has 5 unspecified atom stereocenters. The third kappa shape index (κ3) is 1.64. The number of benzene rings is 1. The van der Waals surface area contributed by atoms with Crippen molar-refractivity contribution in [3.63, 3.8) is 0 Å². The summed E-state index contributed by atoms with van der Waals surface area (Å²) in [5.74, 6) is 0.895. The molecule has 2 aromatic rings. The molecule has 24 heavy (non-hydrogen) atoms. The maximum atomic E-state index is 12.8. The number of aromatic nitrogens is 1. The van der Waals surface area contributed by atoms with Crippen LogP contribution in [0.5, 0.6) is 0 Å². The van der Waals surface area contributed by atoms with Crippen molar-refractivity contribution in [1.29, 1.82) is 0 Å². The van der Waals surface area contributed by atoms with Gasteiger partial charge in [-0.25, -0.2) is 0 Å². The predicted octanol–water partition coefficient (Wildman–Crippen LogP) is 3.40. The second-order valence-electron chi connectivity index (χ2n) is 7.93. The topological polar surface area (TPSA) is 53.2 Å². The molecule has 4 nitrogen and oxygen atoms in total. The molecule has 1 aromatic heterocycles. The zero-order valence-corrected chi connectivity index (χ0v) is 14.1. The van der Waals surface area contributed by atoms with Gasteiger partial charge in [0.1, 0.15) is 0 Å². The molecule has 2 heterocycles. The summed E-state index contributed by atoms with van der Waals surface area (Å²) in [4.78, 5) is 30.5. The van der Waals surface area contributed by atoms with Gasteiger partial charge in [-0.3, -0.25) is 14.5 Å². The fourth-order valence-corrected chi connectivity index (χ4v) is 5.57. The number of para-hydroxylation sites is 1. The number of carbonyl (C=O) groups is 2. The minimum atomic E-state index is -0.306. The van der Waals surface area contributed by atoms with E-state index < -0.39 is 0 Å². The molecule has 1 saturated carbocycles. The minimum absolute atomic E-state index is 0.0267. The van der Waals surface area contributed by atoms with Crippen LogP contribution in [0.4, 0.5) is 0 Å². The minimum Gasteiger partial charge on any atom is -0.357 e. The van der Waals surface area contributed by atoms with Crippen LogP contribution in [-0.2, 0) is 9.59 Å². The number of rotatable bonds is 0. The van der Waals surface area contributed by atoms with Crippen molar-refractivity contribution in [3.05, 3.63) is 35.5 Å². The van der Waals surface area contributed by atoms with Crippen molar-refractivity contribution in [2.45, 2.75) is 38.0 Å². The van der Waals surface area contributed by atoms with E-state index in [1.165, 1.54) is 15.8 Å². The lowest BCUT2D eigenvalue weighted by atomic mass is 9.59. The molecule has 0 bridgehead atoms. The fraction of sp³-hybridized carbons (Fsp3) is 0.500. The fourth-order valence-electron chi connectivity index (χ4n) is 5.57. The number of hydrogen-bond donors (Lipinski definition) is 1. The van der Waals surface area contributed by atoms with Gasteiger partial charge in [-0.1, -0.05) is 31.5 Å². The number of aromatic amines is 1. The SMILES string of the molecule is CC1CCC2C(C1)c1c([nH]c3ccccc13)C1C(=O)N(C)C(=O)C12. The molecule has 5 rings (SSSR count). The van der Waals surface area contributed by atoms with Gasteiger partial charge in [0.2, 0.25) is 11.8 Å². The number of likely N-dealkylation sites (tertiary alicyclic amines) is 1. The van der Waals surface area contributed by atoms with E-state index in [4.69, 9.17) is 0 Å². The predicted molar refractivity (Wildman–Crippen MR) is 91.6 cm³/mol. The van der Waals surface area contributed by atoms with Gasteiger partial charge in [0.15, 0.2) is 0 Å². The molecule has 1 aliphatic heterocycles. The Labute approximate surface area is 141 Å². The van der Waals surface area contributed by atoms with Crippen molar-refractivity contribution in [1.82, 2.24) is 9.88 Å². The molecule has 5 atom stereocenters. The standard InChI is InChI=1S/C20H22N2O2/c1-10-7-8-11-13(9-10)15-12-5-3-4-6-14(12)21-18(15)17-16(11)19(23)22(2)20(17)24/h3-6,10-11,13,16-17,21H,7-9H2,1-2H3. The summed E-state index contributed by atoms with van der Waals surface area (Å²) < 4.78 is 0. The summed E-state index contributed by atoms with van der Waals surface area (Å²) in [7, 11) is 1.64. The number of carbonyl (C=O) groups excluding carboxylic acids is 2. The average molecular weight is 322 g/mol. The molecule has 2 fully saturated rings. The zero-order chi connectivity index (χ0) is 16.6. The van der Waals surface area contributed by atoms with Gasteiger partial charge >= 0.3 is 0 Å². The number of amides is 2. The third-order valence-corrected chi connectivity index (χ3v) is 6.66. The number of nitrogens with zero attached hydrogens (tertiary/aromatic N) is 1. The van der Waals surface area contributed by atoms with E-state index in [9.17, 15) is 9.59 Å². The maximum Gasteiger partial charge on any atom is 0.238 e. The molecule has 1 saturated heterocycles. The normalized spacial score (nSPS) is 35.1. The highest BCUT2D eigenvalue weighted by molar-refractivity contribution is 6.09. The summed E-state index contributed by atoms with van der Waals surface area (Å²) in [6, 6.07) is 8.33. The molecule has 4 heteroatoms. The average Bonchev–Trinajstić information content (AvgIpc) is 3.07. The van der Waals surface area contributed by atoms with E-state index in [0.717, 1.165) is 30.5 Å². The largest absolute Gasteiger partial charge is 0.357 e. The molecule has 1 N–H and O–H groups in total. The van der Waals surface area contributed by atoms with E-state index in [0.29, 0.717) is 17.8 Å². The van der Waals surface area contributed by atoms with Crippen LogP contribution in [0.1, 0.15) is 49.3 Å². The quantitative estimate of drug-likeness (QED) is 0.756. The van der Waals surface area contributed by atoms with Crippen molar-refractivity contribution < 1.29 is 9.59 Å². The van der Waals surface area contributed by atoms with Crippen LogP contribution in [0.25, 0.3) is 10.9 Å². The van der Waals surface area contributed by atoms with Crippen LogP contribution >= 0.6 is 0 Å². The van der Waals surface area contributed by atoms with Gasteiger partial charge in [-0.05, 0) is 42.2 Å². The second kappa shape index (κ2) is 4.71. The summed E-state index contributed by atoms with van der Waals surface area (Å²) in [6.45, 7) is 2.31. The Kier molecular flexibility index (Phi) is 2.80. The highest BCUT2D eigenvalue weighted by Gasteiger charge is 2.57. The Morgan fingerprint density at radius 1 is 1.12 bits per heavy atom. The van der Waals surface area contributed by atoms with E-state index in [1.807, 2.05) is 6.07 Å². The number of H-pyrrole nitrogens is 1. The van der Waals surface area contributed by atoms with Gasteiger partial charge in [-0.2, -0.15) is 0 Å². The van der Waals surface area contributed by atoms with Gasteiger partial charge in [0.25, 0.3) is 0 Å². The molecule has 2 amide bonds. The van der Waals surface area contributed by atoms with E-state index >= 15 is 0 Å². The van der Waals surface area contributed by atoms with Gasteiger partial charge < -0.3 is 4.98 Å². The van der Waals surface area contributed by atoms with Crippen LogP contribution in [0.3, 0.4) is 0 Å². The monoisotopic (exact) mass is 322 g/mol. The molecule has 0 spiro atoms. The Bertz CT molecular complexity index is 868. The van der Waals surface area contributed by atoms with E-state index in [2.05, 4.69) is 30.1 Å². The van der Waals surface area contributed by atoms with Crippen LogP contribution < -0.4 is 0 Å². The lowest BCUT2D eigenvalue weighted by molar-refractivity contribution is -0.138. The highest BCUT2D eigenvalue weighted by Crippen LogP contribution is 2.57. The second-order valence-corrected chi connectivity index (χ2v) is 7.93. The number of fused-ring (bicyclic) bond motifs is 8. The smallest absolute Gasteiger partial charge is 0.238 e. The lowest BCUT2D eigenvalue weighted by Crippen LogP contribution is -2.38. The summed E-state index contributed by atoms with van der Waals surface area (Å²) in [5.41, 5.74) is 3.43. The summed E-state index contributed by atoms with van der Waals surface area (Å²) in [5, 5.41) is 1.24. The molecule has 0 radical (unpaired) electrons. The molecular weight excluding hydrogens is 300 g/mol. The van der Waals surface area contributed by atoms with Crippen molar-refractivity contribution >= 4 is 22.7 Å². The van der Waals surface area contributed by atoms with Crippen LogP contribution in [0.15, 0.2) is 24.3 Å². The molecule has 2 aliphatic carbocycles. The first-order valence-electron chi connectivity index (χ1n) is 9.00. The number of hydrogen-bond acceptors (Lipinski definition) is 2. The Morgan fingerprint density at radius 3 is 2.75 bits per heavy atom. The van der Waals surface area contributed by atoms with E-state index in [-0.39, 0.29) is 23.7 Å². The van der Waals surface area contributed by atoms with E-state index in [1.54, 1.807) is 7.05 Å². The third-order valence-electron chi connectivity index (χ3n) is 6.66. The Balaban J connectivity index is 1.79. The van der Waals surface area contributed by atoms with Crippen LogP contribution in [0, 0.1) is 17.8 Å². The van der Waals surface area contributed by atoms with Crippen LogP contribution in [-0.4, -0.2) is 28.7 Å². The first-order valence-corrected chi connectivity index (χ1v) is 9.00. The summed E-state index contributed by atoms with van der Waals surface area (Å²) in [6.07, 6.45) is 3.33. The molecular formula is C20H22N2O2. The molecule has 124 valence electrons. The highest BCUT2D eigenvalue weighted by atomic mass is 16.2. The first kappa shape index (κ1) is 14.3. The van der Waals surface area contributed by atoms with Crippen molar-refractivity contribution in [3.8, 4) is 0 Å². The van der Waals surface area contributed by atoms with Crippen molar-refractivity contribution in [2.75, 3.05) is 7.05 Å². The number of nitrogens with one attached hydrogen (secondary N) is 1. The zero-order valence-electron chi connectivity index (χ0n) is 14.1.